The van der Waals surface area contributed by atoms with Crippen LogP contribution in [0.3, 0.4) is 0 Å². The molecule has 2 atom stereocenters. The molecule has 126 valence electrons. The van der Waals surface area contributed by atoms with Crippen LogP contribution in [-0.2, 0) is 21.9 Å². The second kappa shape index (κ2) is 6.25. The summed E-state index contributed by atoms with van der Waals surface area (Å²) in [4.78, 5) is 15.4. The molecule has 9 heteroatoms. The van der Waals surface area contributed by atoms with Crippen molar-refractivity contribution in [1.29, 1.82) is 0 Å². The molecule has 2 heterocycles. The third kappa shape index (κ3) is 3.35. The molecule has 2 rings (SSSR count). The quantitative estimate of drug-likeness (QED) is 0.812. The van der Waals surface area contributed by atoms with Crippen molar-refractivity contribution in [3.8, 4) is 0 Å². The van der Waals surface area contributed by atoms with Gasteiger partial charge >= 0.3 is 5.97 Å². The maximum absolute atomic E-state index is 12.5. The SMILES string of the molecule is CC[C@H](C)[C@H](NS(=O)(=O)c1cnc2c(c1)c(C)nn2C)C(=O)O. The number of rotatable bonds is 6. The van der Waals surface area contributed by atoms with E-state index in [1.54, 1.807) is 25.6 Å². The standard InChI is InChI=1S/C14H20N4O4S/c1-5-8(2)12(14(19)20)17-23(21,22)10-6-11-9(3)16-18(4)13(11)15-7-10/h6-8,12,17H,5H2,1-4H3,(H,19,20)/t8-,12-/m0/s1. The molecular formula is C14H20N4O4S. The third-order valence-electron chi connectivity index (χ3n) is 3.91. The topological polar surface area (TPSA) is 114 Å². The molecule has 2 N–H and O–H groups in total. The Morgan fingerprint density at radius 1 is 1.48 bits per heavy atom. The summed E-state index contributed by atoms with van der Waals surface area (Å²) in [6.07, 6.45) is 1.75. The first-order chi connectivity index (χ1) is 10.7. The van der Waals surface area contributed by atoms with Crippen LogP contribution in [0, 0.1) is 12.8 Å². The lowest BCUT2D eigenvalue weighted by molar-refractivity contribution is -0.140. The molecule has 0 amide bonds. The number of aliphatic carboxylic acids is 1. The third-order valence-corrected chi connectivity index (χ3v) is 5.32. The predicted octanol–water partition coefficient (Wildman–Crippen LogP) is 1.05. The van der Waals surface area contributed by atoms with E-state index in [1.165, 1.54) is 12.3 Å². The monoisotopic (exact) mass is 340 g/mol. The van der Waals surface area contributed by atoms with Crippen LogP contribution in [0.2, 0.25) is 0 Å². The summed E-state index contributed by atoms with van der Waals surface area (Å²) in [5, 5.41) is 14.1. The van der Waals surface area contributed by atoms with E-state index in [1.807, 2.05) is 6.92 Å². The normalized spacial score (nSPS) is 14.8. The highest BCUT2D eigenvalue weighted by Gasteiger charge is 2.29. The minimum atomic E-state index is -3.99. The summed E-state index contributed by atoms with van der Waals surface area (Å²) in [6.45, 7) is 5.25. The van der Waals surface area contributed by atoms with Gasteiger partial charge in [0.2, 0.25) is 10.0 Å². The molecule has 0 saturated heterocycles. The molecule has 0 saturated carbocycles. The van der Waals surface area contributed by atoms with Crippen LogP contribution in [0.15, 0.2) is 17.2 Å². The second-order valence-electron chi connectivity index (χ2n) is 5.57. The molecule has 2 aromatic heterocycles. The van der Waals surface area contributed by atoms with Crippen LogP contribution in [0.1, 0.15) is 26.0 Å². The van der Waals surface area contributed by atoms with Crippen molar-refractivity contribution in [1.82, 2.24) is 19.5 Å². The molecule has 8 nitrogen and oxygen atoms in total. The van der Waals surface area contributed by atoms with Crippen molar-refractivity contribution >= 4 is 27.0 Å². The number of carboxylic acid groups (broad SMARTS) is 1. The van der Waals surface area contributed by atoms with Gasteiger partial charge < -0.3 is 5.11 Å². The van der Waals surface area contributed by atoms with Crippen molar-refractivity contribution in [2.24, 2.45) is 13.0 Å². The van der Waals surface area contributed by atoms with E-state index in [0.717, 1.165) is 0 Å². The number of sulfonamides is 1. The molecule has 2 aromatic rings. The molecular weight excluding hydrogens is 320 g/mol. The Hall–Kier alpha value is -2.00. The molecule has 0 aliphatic rings. The first kappa shape index (κ1) is 17.4. The number of hydrogen-bond acceptors (Lipinski definition) is 5. The van der Waals surface area contributed by atoms with Crippen LogP contribution in [0.5, 0.6) is 0 Å². The summed E-state index contributed by atoms with van der Waals surface area (Å²) < 4.78 is 28.8. The van der Waals surface area contributed by atoms with Gasteiger partial charge in [0, 0.05) is 18.6 Å². The van der Waals surface area contributed by atoms with Gasteiger partial charge in [0.05, 0.1) is 5.69 Å². The average Bonchev–Trinajstić information content (AvgIpc) is 2.78. The predicted molar refractivity (Wildman–Crippen MR) is 84.4 cm³/mol. The fourth-order valence-electron chi connectivity index (χ4n) is 2.32. The Labute approximate surface area is 134 Å². The van der Waals surface area contributed by atoms with Gasteiger partial charge in [0.1, 0.15) is 10.9 Å². The first-order valence-electron chi connectivity index (χ1n) is 7.21. The Morgan fingerprint density at radius 3 is 2.70 bits per heavy atom. The van der Waals surface area contributed by atoms with Gasteiger partial charge in [0.25, 0.3) is 0 Å². The van der Waals surface area contributed by atoms with Crippen molar-refractivity contribution in [3.63, 3.8) is 0 Å². The zero-order chi connectivity index (χ0) is 17.4. The van der Waals surface area contributed by atoms with E-state index < -0.39 is 22.0 Å². The summed E-state index contributed by atoms with van der Waals surface area (Å²) in [5.74, 6) is -1.53. The Kier molecular flexibility index (Phi) is 4.71. The summed E-state index contributed by atoms with van der Waals surface area (Å²) in [5.41, 5.74) is 1.22. The zero-order valence-electron chi connectivity index (χ0n) is 13.4. The van der Waals surface area contributed by atoms with Crippen LogP contribution >= 0.6 is 0 Å². The number of pyridine rings is 1. The van der Waals surface area contributed by atoms with Crippen molar-refractivity contribution in [2.75, 3.05) is 0 Å². The highest BCUT2D eigenvalue weighted by molar-refractivity contribution is 7.89. The fraction of sp³-hybridized carbons (Fsp3) is 0.500. The molecule has 0 bridgehead atoms. The lowest BCUT2D eigenvalue weighted by Gasteiger charge is -2.20. The van der Waals surface area contributed by atoms with Crippen molar-refractivity contribution in [2.45, 2.75) is 38.1 Å². The fourth-order valence-corrected chi connectivity index (χ4v) is 3.58. The van der Waals surface area contributed by atoms with Crippen LogP contribution in [-0.4, -0.2) is 40.3 Å². The van der Waals surface area contributed by atoms with Gasteiger partial charge in [-0.1, -0.05) is 20.3 Å². The summed E-state index contributed by atoms with van der Waals surface area (Å²) >= 11 is 0. The lowest BCUT2D eigenvalue weighted by Crippen LogP contribution is -2.44. The van der Waals surface area contributed by atoms with Crippen LogP contribution < -0.4 is 4.72 Å². The number of nitrogens with one attached hydrogen (secondary N) is 1. The maximum Gasteiger partial charge on any atom is 0.322 e. The maximum atomic E-state index is 12.5. The zero-order valence-corrected chi connectivity index (χ0v) is 14.3. The van der Waals surface area contributed by atoms with Crippen molar-refractivity contribution in [3.05, 3.63) is 18.0 Å². The Bertz CT molecular complexity index is 844. The Morgan fingerprint density at radius 2 is 2.13 bits per heavy atom. The van der Waals surface area contributed by atoms with E-state index >= 15 is 0 Å². The van der Waals surface area contributed by atoms with Gasteiger partial charge in [0.15, 0.2) is 5.65 Å². The minimum Gasteiger partial charge on any atom is -0.480 e. The summed E-state index contributed by atoms with van der Waals surface area (Å²) in [7, 11) is -2.27. The van der Waals surface area contributed by atoms with E-state index in [0.29, 0.717) is 23.1 Å². The van der Waals surface area contributed by atoms with Gasteiger partial charge in [-0.2, -0.15) is 9.82 Å². The summed E-state index contributed by atoms with van der Waals surface area (Å²) in [6, 6.07) is 0.276. The largest absolute Gasteiger partial charge is 0.480 e. The molecule has 0 aliphatic heterocycles. The number of aromatic nitrogens is 3. The molecule has 0 unspecified atom stereocenters. The molecule has 0 aliphatic carbocycles. The number of carbonyl (C=O) groups is 1. The molecule has 0 aromatic carbocycles. The molecule has 0 radical (unpaired) electrons. The number of hydrogen-bond donors (Lipinski definition) is 2. The smallest absolute Gasteiger partial charge is 0.322 e. The van der Waals surface area contributed by atoms with Gasteiger partial charge in [-0.15, -0.1) is 0 Å². The Balaban J connectivity index is 2.43. The average molecular weight is 340 g/mol. The van der Waals surface area contributed by atoms with E-state index in [9.17, 15) is 18.3 Å². The highest BCUT2D eigenvalue weighted by Crippen LogP contribution is 2.20. The number of nitrogens with zero attached hydrogens (tertiary/aromatic N) is 3. The van der Waals surface area contributed by atoms with Crippen LogP contribution in [0.25, 0.3) is 11.0 Å². The molecule has 0 fully saturated rings. The van der Waals surface area contributed by atoms with Gasteiger partial charge in [-0.05, 0) is 18.9 Å². The van der Waals surface area contributed by atoms with E-state index in [4.69, 9.17) is 0 Å². The number of carboxylic acids is 1. The van der Waals surface area contributed by atoms with Crippen molar-refractivity contribution < 1.29 is 18.3 Å². The number of aryl methyl sites for hydroxylation is 2. The van der Waals surface area contributed by atoms with E-state index in [-0.39, 0.29) is 10.8 Å². The molecule has 0 spiro atoms. The molecule has 23 heavy (non-hydrogen) atoms. The highest BCUT2D eigenvalue weighted by atomic mass is 32.2. The van der Waals surface area contributed by atoms with Gasteiger partial charge in [-0.25, -0.2) is 13.4 Å². The van der Waals surface area contributed by atoms with E-state index in [2.05, 4.69) is 14.8 Å². The van der Waals surface area contributed by atoms with Gasteiger partial charge in [-0.3, -0.25) is 9.48 Å². The minimum absolute atomic E-state index is 0.0735. The number of fused-ring (bicyclic) bond motifs is 1. The second-order valence-corrected chi connectivity index (χ2v) is 7.29. The van der Waals surface area contributed by atoms with Crippen LogP contribution in [0.4, 0.5) is 0 Å². The lowest BCUT2D eigenvalue weighted by atomic mass is 10.0. The first-order valence-corrected chi connectivity index (χ1v) is 8.70.